The van der Waals surface area contributed by atoms with Crippen molar-refractivity contribution in [2.45, 2.75) is 26.2 Å². The summed E-state index contributed by atoms with van der Waals surface area (Å²) in [5.41, 5.74) is 2.16. The lowest BCUT2D eigenvalue weighted by Gasteiger charge is -2.17. The number of benzene rings is 2. The number of ether oxygens (including phenoxy) is 1. The number of hydrogen-bond acceptors (Lipinski definition) is 2. The van der Waals surface area contributed by atoms with Gasteiger partial charge in [0.1, 0.15) is 11.5 Å². The maximum absolute atomic E-state index is 9.85. The van der Waals surface area contributed by atoms with Crippen LogP contribution in [0.5, 0.6) is 11.5 Å². The first-order valence-electron chi connectivity index (χ1n) is 6.71. The molecule has 1 unspecified atom stereocenters. The summed E-state index contributed by atoms with van der Waals surface area (Å²) in [4.78, 5) is 0. The topological polar surface area (TPSA) is 29.5 Å². The van der Waals surface area contributed by atoms with E-state index in [9.17, 15) is 5.11 Å². The highest BCUT2D eigenvalue weighted by Crippen LogP contribution is 2.31. The molecule has 2 aromatic rings. The predicted molar refractivity (Wildman–Crippen MR) is 77.8 cm³/mol. The van der Waals surface area contributed by atoms with Gasteiger partial charge in [0.05, 0.1) is 6.61 Å². The van der Waals surface area contributed by atoms with Gasteiger partial charge in [-0.25, -0.2) is 0 Å². The minimum atomic E-state index is 0.302. The molecule has 0 aliphatic carbocycles. The van der Waals surface area contributed by atoms with E-state index in [0.29, 0.717) is 18.3 Å². The van der Waals surface area contributed by atoms with Crippen molar-refractivity contribution in [2.75, 3.05) is 6.61 Å². The Morgan fingerprint density at radius 2 is 1.74 bits per heavy atom. The van der Waals surface area contributed by atoms with Crippen molar-refractivity contribution < 1.29 is 9.84 Å². The first kappa shape index (κ1) is 13.5. The van der Waals surface area contributed by atoms with Crippen molar-refractivity contribution in [2.24, 2.45) is 0 Å². The van der Waals surface area contributed by atoms with Crippen molar-refractivity contribution in [3.05, 3.63) is 59.7 Å². The Morgan fingerprint density at radius 3 is 2.47 bits per heavy atom. The zero-order valence-corrected chi connectivity index (χ0v) is 11.5. The van der Waals surface area contributed by atoms with Crippen LogP contribution < -0.4 is 4.74 Å². The van der Waals surface area contributed by atoms with Gasteiger partial charge in [-0.3, -0.25) is 0 Å². The van der Waals surface area contributed by atoms with Crippen molar-refractivity contribution in [1.82, 2.24) is 0 Å². The standard InChI is InChI=1S/C17H20O2/c1-3-19-17-11-7-5-9-15(17)13(2)12-14-8-4-6-10-16(14)18/h4-11,13,18H,3,12H2,1-2H3. The summed E-state index contributed by atoms with van der Waals surface area (Å²) in [5, 5.41) is 9.85. The second-order valence-corrected chi connectivity index (χ2v) is 4.70. The van der Waals surface area contributed by atoms with E-state index >= 15 is 0 Å². The fourth-order valence-corrected chi connectivity index (χ4v) is 2.30. The highest BCUT2D eigenvalue weighted by atomic mass is 16.5. The Hall–Kier alpha value is -1.96. The highest BCUT2D eigenvalue weighted by Gasteiger charge is 2.13. The van der Waals surface area contributed by atoms with Gasteiger partial charge in [-0.15, -0.1) is 0 Å². The van der Waals surface area contributed by atoms with Crippen molar-refractivity contribution in [3.63, 3.8) is 0 Å². The predicted octanol–water partition coefficient (Wildman–Crippen LogP) is 4.14. The first-order chi connectivity index (χ1) is 9.22. The smallest absolute Gasteiger partial charge is 0.122 e. The second kappa shape index (κ2) is 6.28. The number of rotatable bonds is 5. The van der Waals surface area contributed by atoms with Gasteiger partial charge in [-0.05, 0) is 42.5 Å². The molecular formula is C17H20O2. The molecule has 0 fully saturated rings. The molecule has 2 nitrogen and oxygen atoms in total. The number of hydrogen-bond donors (Lipinski definition) is 1. The molecule has 2 rings (SSSR count). The lowest BCUT2D eigenvalue weighted by atomic mass is 9.92. The van der Waals surface area contributed by atoms with Crippen molar-refractivity contribution >= 4 is 0 Å². The SMILES string of the molecule is CCOc1ccccc1C(C)Cc1ccccc1O. The zero-order chi connectivity index (χ0) is 13.7. The van der Waals surface area contributed by atoms with Gasteiger partial charge in [0, 0.05) is 0 Å². The van der Waals surface area contributed by atoms with Gasteiger partial charge < -0.3 is 9.84 Å². The van der Waals surface area contributed by atoms with Crippen molar-refractivity contribution in [1.29, 1.82) is 0 Å². The van der Waals surface area contributed by atoms with Crippen LogP contribution >= 0.6 is 0 Å². The second-order valence-electron chi connectivity index (χ2n) is 4.70. The Kier molecular flexibility index (Phi) is 4.45. The summed E-state index contributed by atoms with van der Waals surface area (Å²) in [6.45, 7) is 4.81. The lowest BCUT2D eigenvalue weighted by Crippen LogP contribution is -2.03. The van der Waals surface area contributed by atoms with Crippen LogP contribution in [-0.2, 0) is 6.42 Å². The van der Waals surface area contributed by atoms with Gasteiger partial charge in [-0.1, -0.05) is 43.3 Å². The molecule has 0 saturated heterocycles. The molecule has 0 aliphatic rings. The van der Waals surface area contributed by atoms with Gasteiger partial charge in [0.2, 0.25) is 0 Å². The van der Waals surface area contributed by atoms with Crippen molar-refractivity contribution in [3.8, 4) is 11.5 Å². The number of phenolic OH excluding ortho intramolecular Hbond substituents is 1. The molecule has 0 radical (unpaired) electrons. The molecule has 100 valence electrons. The molecule has 0 aromatic heterocycles. The average molecular weight is 256 g/mol. The molecule has 0 aliphatic heterocycles. The van der Waals surface area contributed by atoms with E-state index in [1.165, 1.54) is 5.56 Å². The molecule has 0 bridgehead atoms. The Bertz CT molecular complexity index is 534. The highest BCUT2D eigenvalue weighted by molar-refractivity contribution is 5.39. The van der Waals surface area contributed by atoms with E-state index in [1.54, 1.807) is 6.07 Å². The molecule has 1 atom stereocenters. The maximum Gasteiger partial charge on any atom is 0.122 e. The molecular weight excluding hydrogens is 236 g/mol. The fraction of sp³-hybridized carbons (Fsp3) is 0.294. The van der Waals surface area contributed by atoms with E-state index in [1.807, 2.05) is 43.3 Å². The van der Waals surface area contributed by atoms with Crippen LogP contribution in [0.3, 0.4) is 0 Å². The molecule has 1 N–H and O–H groups in total. The largest absolute Gasteiger partial charge is 0.508 e. The molecule has 2 heteroatoms. The van der Waals surface area contributed by atoms with Gasteiger partial charge in [0.15, 0.2) is 0 Å². The summed E-state index contributed by atoms with van der Waals surface area (Å²) in [7, 11) is 0. The summed E-state index contributed by atoms with van der Waals surface area (Å²) in [5.74, 6) is 1.60. The van der Waals surface area contributed by atoms with E-state index in [4.69, 9.17) is 4.74 Å². The molecule has 0 heterocycles. The third-order valence-electron chi connectivity index (χ3n) is 3.27. The van der Waals surface area contributed by atoms with Gasteiger partial charge in [-0.2, -0.15) is 0 Å². The van der Waals surface area contributed by atoms with Crippen LogP contribution in [0.1, 0.15) is 30.9 Å². The van der Waals surface area contributed by atoms with Crippen LogP contribution in [0, 0.1) is 0 Å². The van der Waals surface area contributed by atoms with Gasteiger partial charge >= 0.3 is 0 Å². The van der Waals surface area contributed by atoms with Crippen LogP contribution in [-0.4, -0.2) is 11.7 Å². The van der Waals surface area contributed by atoms with E-state index in [2.05, 4.69) is 13.0 Å². The Labute approximate surface area is 114 Å². The molecule has 0 saturated carbocycles. The first-order valence-corrected chi connectivity index (χ1v) is 6.71. The minimum Gasteiger partial charge on any atom is -0.508 e. The molecule has 19 heavy (non-hydrogen) atoms. The third-order valence-corrected chi connectivity index (χ3v) is 3.27. The lowest BCUT2D eigenvalue weighted by molar-refractivity contribution is 0.334. The molecule has 0 amide bonds. The summed E-state index contributed by atoms with van der Waals surface area (Å²) in [6, 6.07) is 15.6. The normalized spacial score (nSPS) is 12.1. The van der Waals surface area contributed by atoms with Crippen LogP contribution in [0.15, 0.2) is 48.5 Å². The van der Waals surface area contributed by atoms with Gasteiger partial charge in [0.25, 0.3) is 0 Å². The Morgan fingerprint density at radius 1 is 1.05 bits per heavy atom. The van der Waals surface area contributed by atoms with Crippen LogP contribution in [0.4, 0.5) is 0 Å². The monoisotopic (exact) mass is 256 g/mol. The number of aromatic hydroxyl groups is 1. The number of para-hydroxylation sites is 2. The number of phenols is 1. The molecule has 0 spiro atoms. The van der Waals surface area contributed by atoms with E-state index < -0.39 is 0 Å². The fourth-order valence-electron chi connectivity index (χ4n) is 2.30. The summed E-state index contributed by atoms with van der Waals surface area (Å²) in [6.07, 6.45) is 0.802. The third kappa shape index (κ3) is 3.28. The summed E-state index contributed by atoms with van der Waals surface area (Å²) < 4.78 is 5.66. The summed E-state index contributed by atoms with van der Waals surface area (Å²) >= 11 is 0. The van der Waals surface area contributed by atoms with Crippen LogP contribution in [0.2, 0.25) is 0 Å². The maximum atomic E-state index is 9.85. The quantitative estimate of drug-likeness (QED) is 0.871. The zero-order valence-electron chi connectivity index (χ0n) is 11.5. The van der Waals surface area contributed by atoms with E-state index in [0.717, 1.165) is 17.7 Å². The average Bonchev–Trinajstić information content (AvgIpc) is 2.42. The molecule has 2 aromatic carbocycles. The van der Waals surface area contributed by atoms with Crippen LogP contribution in [0.25, 0.3) is 0 Å². The van der Waals surface area contributed by atoms with E-state index in [-0.39, 0.29) is 0 Å². The minimum absolute atomic E-state index is 0.302. The Balaban J connectivity index is 2.20.